The van der Waals surface area contributed by atoms with E-state index in [1.165, 1.54) is 0 Å². The zero-order valence-electron chi connectivity index (χ0n) is 16.6. The lowest BCUT2D eigenvalue weighted by atomic mass is 9.82. The lowest BCUT2D eigenvalue weighted by molar-refractivity contribution is -0.136. The van der Waals surface area contributed by atoms with Crippen LogP contribution >= 0.6 is 0 Å². The molecule has 0 aromatic heterocycles. The highest BCUT2D eigenvalue weighted by atomic mass is 16.2. The summed E-state index contributed by atoms with van der Waals surface area (Å²) in [5.41, 5.74) is 7.51. The Morgan fingerprint density at radius 2 is 1.85 bits per heavy atom. The normalized spacial score (nSPS) is 23.6. The minimum atomic E-state index is -0.0810. The van der Waals surface area contributed by atoms with Crippen molar-refractivity contribution in [3.05, 3.63) is 30.3 Å². The number of nitrogens with one attached hydrogen (secondary N) is 2. The van der Waals surface area contributed by atoms with Crippen molar-refractivity contribution in [1.82, 2.24) is 15.8 Å². The molecule has 2 atom stereocenters. The fourth-order valence-corrected chi connectivity index (χ4v) is 4.32. The van der Waals surface area contributed by atoms with Crippen LogP contribution in [0.4, 0.5) is 5.69 Å². The van der Waals surface area contributed by atoms with Crippen LogP contribution in [0, 0.1) is 17.8 Å². The molecule has 2 aliphatic heterocycles. The Hall–Kier alpha value is -1.92. The molecule has 6 heteroatoms. The van der Waals surface area contributed by atoms with Crippen molar-refractivity contribution >= 4 is 17.5 Å². The minimum absolute atomic E-state index is 0.0473. The van der Waals surface area contributed by atoms with Gasteiger partial charge in [0.05, 0.1) is 5.92 Å². The molecular weight excluding hydrogens is 340 g/mol. The van der Waals surface area contributed by atoms with Gasteiger partial charge in [0.25, 0.3) is 0 Å². The molecule has 0 saturated carbocycles. The molecular formula is C21H32N4O2. The number of likely N-dealkylation sites (tertiary alicyclic amines) is 1. The summed E-state index contributed by atoms with van der Waals surface area (Å²) in [7, 11) is 0. The molecule has 27 heavy (non-hydrogen) atoms. The molecule has 2 saturated heterocycles. The molecule has 2 heterocycles. The number of carbonyl (C=O) groups is 2. The minimum Gasteiger partial charge on any atom is -0.342 e. The number of hydrogen-bond donors (Lipinski definition) is 2. The maximum absolute atomic E-state index is 13.3. The van der Waals surface area contributed by atoms with Gasteiger partial charge in [-0.1, -0.05) is 32.0 Å². The van der Waals surface area contributed by atoms with Crippen molar-refractivity contribution in [1.29, 1.82) is 0 Å². The highest BCUT2D eigenvalue weighted by Gasteiger charge is 2.41. The first-order valence-electron chi connectivity index (χ1n) is 10.2. The quantitative estimate of drug-likeness (QED) is 0.830. The van der Waals surface area contributed by atoms with Crippen LogP contribution in [-0.4, -0.2) is 48.9 Å². The monoisotopic (exact) mass is 372 g/mol. The predicted octanol–water partition coefficient (Wildman–Crippen LogP) is 2.03. The lowest BCUT2D eigenvalue weighted by Crippen LogP contribution is -2.50. The smallest absolute Gasteiger partial charge is 0.233 e. The number of benzene rings is 1. The third-order valence-electron chi connectivity index (χ3n) is 5.84. The number of carbonyl (C=O) groups excluding carboxylic acids is 2. The number of para-hydroxylation sites is 1. The molecule has 2 fully saturated rings. The fourth-order valence-electron chi connectivity index (χ4n) is 4.32. The number of anilines is 1. The van der Waals surface area contributed by atoms with E-state index in [0.29, 0.717) is 19.0 Å². The second-order valence-corrected chi connectivity index (χ2v) is 7.89. The summed E-state index contributed by atoms with van der Waals surface area (Å²) in [6.45, 7) is 8.81. The summed E-state index contributed by atoms with van der Waals surface area (Å²) in [6.07, 6.45) is 1.89. The molecule has 148 valence electrons. The highest BCUT2D eigenvalue weighted by Crippen LogP contribution is 2.29. The molecule has 2 aliphatic rings. The Balaban J connectivity index is 1.65. The second-order valence-electron chi connectivity index (χ2n) is 7.89. The van der Waals surface area contributed by atoms with Crippen molar-refractivity contribution in [2.75, 3.05) is 31.1 Å². The van der Waals surface area contributed by atoms with E-state index in [1.807, 2.05) is 60.9 Å². The molecule has 6 nitrogen and oxygen atoms in total. The number of amides is 2. The predicted molar refractivity (Wildman–Crippen MR) is 107 cm³/mol. The maximum Gasteiger partial charge on any atom is 0.233 e. The first kappa shape index (κ1) is 19.8. The van der Waals surface area contributed by atoms with Crippen molar-refractivity contribution in [3.63, 3.8) is 0 Å². The van der Waals surface area contributed by atoms with Crippen molar-refractivity contribution in [2.45, 2.75) is 39.7 Å². The first-order chi connectivity index (χ1) is 13.0. The molecule has 0 aliphatic carbocycles. The van der Waals surface area contributed by atoms with Crippen LogP contribution in [0.1, 0.15) is 33.6 Å². The van der Waals surface area contributed by atoms with Crippen molar-refractivity contribution < 1.29 is 9.59 Å². The van der Waals surface area contributed by atoms with Gasteiger partial charge >= 0.3 is 0 Å². The average molecular weight is 373 g/mol. The molecule has 2 amide bonds. The van der Waals surface area contributed by atoms with Gasteiger partial charge < -0.3 is 9.80 Å². The molecule has 0 radical (unpaired) electrons. The molecule has 1 aromatic rings. The SMILES string of the molecule is CCN(C(=O)C1CNNC1C1CCN(C(=O)C(C)C)CC1)c1ccccc1. The van der Waals surface area contributed by atoms with E-state index in [9.17, 15) is 9.59 Å². The zero-order chi connectivity index (χ0) is 19.4. The fraction of sp³-hybridized carbons (Fsp3) is 0.619. The largest absolute Gasteiger partial charge is 0.342 e. The second kappa shape index (κ2) is 8.85. The van der Waals surface area contributed by atoms with Crippen LogP contribution in [-0.2, 0) is 9.59 Å². The van der Waals surface area contributed by atoms with E-state index in [0.717, 1.165) is 31.6 Å². The number of hydrazine groups is 1. The molecule has 3 rings (SSSR count). The maximum atomic E-state index is 13.3. The molecule has 0 bridgehead atoms. The summed E-state index contributed by atoms with van der Waals surface area (Å²) >= 11 is 0. The Bertz CT molecular complexity index is 641. The van der Waals surface area contributed by atoms with Gasteiger partial charge in [-0.25, -0.2) is 0 Å². The number of rotatable bonds is 5. The van der Waals surface area contributed by atoms with Gasteiger partial charge in [-0.15, -0.1) is 0 Å². The van der Waals surface area contributed by atoms with E-state index >= 15 is 0 Å². The third-order valence-corrected chi connectivity index (χ3v) is 5.84. The van der Waals surface area contributed by atoms with Gasteiger partial charge in [0, 0.05) is 43.8 Å². The van der Waals surface area contributed by atoms with Gasteiger partial charge in [-0.05, 0) is 37.8 Å². The van der Waals surface area contributed by atoms with Crippen LogP contribution in [0.25, 0.3) is 0 Å². The van der Waals surface area contributed by atoms with Crippen LogP contribution in [0.5, 0.6) is 0 Å². The molecule has 1 aromatic carbocycles. The average Bonchev–Trinajstić information content (AvgIpc) is 3.18. The summed E-state index contributed by atoms with van der Waals surface area (Å²) in [5, 5.41) is 0. The van der Waals surface area contributed by atoms with E-state index < -0.39 is 0 Å². The van der Waals surface area contributed by atoms with Gasteiger partial charge in [0.1, 0.15) is 0 Å². The van der Waals surface area contributed by atoms with Crippen LogP contribution in [0.2, 0.25) is 0 Å². The zero-order valence-corrected chi connectivity index (χ0v) is 16.6. The van der Waals surface area contributed by atoms with E-state index in [4.69, 9.17) is 0 Å². The summed E-state index contributed by atoms with van der Waals surface area (Å²) in [4.78, 5) is 29.3. The summed E-state index contributed by atoms with van der Waals surface area (Å²) in [5.74, 6) is 0.778. The molecule has 2 unspecified atom stereocenters. The third kappa shape index (κ3) is 4.33. The standard InChI is InChI=1S/C21H32N4O2/c1-4-25(17-8-6-5-7-9-17)21(27)18-14-22-23-19(18)16-10-12-24(13-11-16)20(26)15(2)3/h5-9,15-16,18-19,22-23H,4,10-14H2,1-3H3. The van der Waals surface area contributed by atoms with E-state index in [2.05, 4.69) is 10.9 Å². The Kier molecular flexibility index (Phi) is 6.50. The molecule has 0 spiro atoms. The van der Waals surface area contributed by atoms with Crippen molar-refractivity contribution in [2.24, 2.45) is 17.8 Å². The topological polar surface area (TPSA) is 64.7 Å². The number of nitrogens with zero attached hydrogens (tertiary/aromatic N) is 2. The first-order valence-corrected chi connectivity index (χ1v) is 10.2. The van der Waals surface area contributed by atoms with Crippen LogP contribution in [0.15, 0.2) is 30.3 Å². The number of hydrogen-bond acceptors (Lipinski definition) is 4. The van der Waals surface area contributed by atoms with Gasteiger partial charge in [-0.3, -0.25) is 20.4 Å². The number of piperidine rings is 1. The van der Waals surface area contributed by atoms with E-state index in [1.54, 1.807) is 0 Å². The summed E-state index contributed by atoms with van der Waals surface area (Å²) < 4.78 is 0. The Labute approximate surface area is 162 Å². The Morgan fingerprint density at radius 1 is 1.19 bits per heavy atom. The van der Waals surface area contributed by atoms with Crippen LogP contribution < -0.4 is 15.8 Å². The van der Waals surface area contributed by atoms with Gasteiger partial charge in [-0.2, -0.15) is 0 Å². The highest BCUT2D eigenvalue weighted by molar-refractivity contribution is 5.95. The van der Waals surface area contributed by atoms with Crippen molar-refractivity contribution in [3.8, 4) is 0 Å². The van der Waals surface area contributed by atoms with E-state index in [-0.39, 0.29) is 29.7 Å². The lowest BCUT2D eigenvalue weighted by Gasteiger charge is -2.37. The summed E-state index contributed by atoms with van der Waals surface area (Å²) in [6, 6.07) is 10.00. The van der Waals surface area contributed by atoms with Crippen LogP contribution in [0.3, 0.4) is 0 Å². The van der Waals surface area contributed by atoms with Gasteiger partial charge in [0.15, 0.2) is 0 Å². The Morgan fingerprint density at radius 3 is 2.44 bits per heavy atom. The van der Waals surface area contributed by atoms with Gasteiger partial charge in [0.2, 0.25) is 11.8 Å². The molecule has 2 N–H and O–H groups in total.